The molecule has 0 N–H and O–H groups in total. The predicted molar refractivity (Wildman–Crippen MR) is 222 cm³/mol. The molecule has 0 radical (unpaired) electrons. The first kappa shape index (κ1) is 31.1. The van der Waals surface area contributed by atoms with Gasteiger partial charge in [-0.2, -0.15) is 0 Å². The first-order chi connectivity index (χ1) is 27.2. The minimum atomic E-state index is 0.678. The topological polar surface area (TPSA) is 49.2 Å². The lowest BCUT2D eigenvalue weighted by Gasteiger charge is -2.23. The quantitative estimate of drug-likeness (QED) is 0.179. The molecule has 5 nitrogen and oxygen atoms in total. The smallest absolute Gasteiger partial charge is 0.194 e. The summed E-state index contributed by atoms with van der Waals surface area (Å²) in [6.45, 7) is 0. The van der Waals surface area contributed by atoms with Gasteiger partial charge in [0.1, 0.15) is 5.52 Å². The fourth-order valence-corrected chi connectivity index (χ4v) is 7.79. The Balaban J connectivity index is 1.04. The summed E-state index contributed by atoms with van der Waals surface area (Å²) in [5, 5.41) is 4.45. The molecule has 0 aliphatic carbocycles. The molecule has 0 saturated carbocycles. The summed E-state index contributed by atoms with van der Waals surface area (Å²) in [5.41, 5.74) is 10.0. The maximum absolute atomic E-state index is 6.79. The zero-order valence-electron chi connectivity index (χ0n) is 29.6. The fraction of sp³-hybridized carbons (Fsp3) is 0. The summed E-state index contributed by atoms with van der Waals surface area (Å²) in [6.07, 6.45) is 0. The third kappa shape index (κ3) is 5.33. The maximum atomic E-state index is 6.79. The van der Waals surface area contributed by atoms with E-state index in [4.69, 9.17) is 19.4 Å². The Morgan fingerprint density at radius 2 is 0.964 bits per heavy atom. The van der Waals surface area contributed by atoms with Crippen molar-refractivity contribution in [1.29, 1.82) is 0 Å². The third-order valence-corrected chi connectivity index (χ3v) is 10.4. The van der Waals surface area contributed by atoms with E-state index >= 15 is 0 Å². The van der Waals surface area contributed by atoms with Crippen LogP contribution in [0, 0.1) is 0 Å². The van der Waals surface area contributed by atoms with Crippen LogP contribution in [0.15, 0.2) is 188 Å². The molecule has 0 bridgehead atoms. The van der Waals surface area contributed by atoms with Gasteiger partial charge in [-0.05, 0) is 76.5 Å². The summed E-state index contributed by atoms with van der Waals surface area (Å²) in [7, 11) is 0. The van der Waals surface area contributed by atoms with E-state index in [1.807, 2.05) is 54.6 Å². The van der Waals surface area contributed by atoms with Crippen molar-refractivity contribution in [2.24, 2.45) is 0 Å². The Bertz CT molecular complexity index is 3040. The highest BCUT2D eigenvalue weighted by Crippen LogP contribution is 2.52. The average molecular weight is 706 g/mol. The number of nitrogens with zero attached hydrogens (tertiary/aromatic N) is 3. The molecule has 0 unspecified atom stereocenters. The fourth-order valence-electron chi connectivity index (χ4n) is 7.79. The summed E-state index contributed by atoms with van der Waals surface area (Å²) < 4.78 is 15.6. The van der Waals surface area contributed by atoms with E-state index in [1.165, 1.54) is 0 Å². The van der Waals surface area contributed by atoms with E-state index in [9.17, 15) is 0 Å². The number of fused-ring (bicyclic) bond motifs is 7. The second kappa shape index (κ2) is 12.6. The Morgan fingerprint density at radius 1 is 0.382 bits per heavy atom. The molecule has 2 aromatic heterocycles. The van der Waals surface area contributed by atoms with Gasteiger partial charge in [0.2, 0.25) is 0 Å². The number of aromatic nitrogens is 3. The number of benzene rings is 8. The van der Waals surface area contributed by atoms with Crippen molar-refractivity contribution < 1.29 is 9.47 Å². The van der Waals surface area contributed by atoms with Gasteiger partial charge in [0, 0.05) is 33.2 Å². The van der Waals surface area contributed by atoms with Crippen molar-refractivity contribution in [3.63, 3.8) is 0 Å². The average Bonchev–Trinajstić information content (AvgIpc) is 3.60. The SMILES string of the molecule is c1ccc(-c2cc(-c3ccccc3)nc(-c3cccc(-c4cccc(-n5c6ccccc6c6ccc7c(c65)Oc5cc6ccccc6cc5O7)c4)c3)n2)cc1. The molecule has 0 saturated heterocycles. The van der Waals surface area contributed by atoms with Crippen LogP contribution in [0.4, 0.5) is 0 Å². The summed E-state index contributed by atoms with van der Waals surface area (Å²) in [5.74, 6) is 3.49. The minimum Gasteiger partial charge on any atom is -0.449 e. The van der Waals surface area contributed by atoms with E-state index in [-0.39, 0.29) is 0 Å². The van der Waals surface area contributed by atoms with Crippen LogP contribution in [-0.2, 0) is 0 Å². The molecule has 0 atom stereocenters. The molecule has 11 rings (SSSR count). The Kier molecular flexibility index (Phi) is 7.10. The molecule has 1 aliphatic heterocycles. The maximum Gasteiger partial charge on any atom is 0.194 e. The zero-order chi connectivity index (χ0) is 36.3. The van der Waals surface area contributed by atoms with Crippen molar-refractivity contribution in [2.75, 3.05) is 0 Å². The molecular weight excluding hydrogens is 675 g/mol. The van der Waals surface area contributed by atoms with Gasteiger partial charge < -0.3 is 14.0 Å². The zero-order valence-corrected chi connectivity index (χ0v) is 29.6. The van der Waals surface area contributed by atoms with E-state index in [2.05, 4.69) is 138 Å². The second-order valence-corrected chi connectivity index (χ2v) is 13.8. The van der Waals surface area contributed by atoms with Gasteiger partial charge in [-0.1, -0.05) is 133 Å². The van der Waals surface area contributed by atoms with Crippen LogP contribution in [0.5, 0.6) is 23.0 Å². The van der Waals surface area contributed by atoms with Crippen LogP contribution in [0.3, 0.4) is 0 Å². The summed E-state index contributed by atoms with van der Waals surface area (Å²) in [6, 6.07) is 64.9. The van der Waals surface area contributed by atoms with Crippen LogP contribution in [0.2, 0.25) is 0 Å². The number of ether oxygens (including phenoxy) is 2. The van der Waals surface area contributed by atoms with Gasteiger partial charge in [-0.25, -0.2) is 9.97 Å². The standard InChI is InChI=1S/C50H31N3O2/c1-3-13-32(14-4-1)42-31-43(33-15-5-2-6-16-33)52-50(51-42)38-21-11-19-34(27-38)35-20-12-22-39(28-35)53-44-24-10-9-23-40(44)41-25-26-45-49(48(41)53)55-47-30-37-18-8-7-17-36(37)29-46(47)54-45/h1-31H. The molecule has 0 amide bonds. The van der Waals surface area contributed by atoms with Gasteiger partial charge in [0.25, 0.3) is 0 Å². The Labute approximate surface area is 317 Å². The summed E-state index contributed by atoms with van der Waals surface area (Å²) >= 11 is 0. The number of para-hydroxylation sites is 1. The second-order valence-electron chi connectivity index (χ2n) is 13.8. The molecule has 5 heteroatoms. The number of hydrogen-bond acceptors (Lipinski definition) is 4. The van der Waals surface area contributed by atoms with E-state index in [0.29, 0.717) is 28.8 Å². The first-order valence-corrected chi connectivity index (χ1v) is 18.4. The Morgan fingerprint density at radius 3 is 1.69 bits per heavy atom. The first-order valence-electron chi connectivity index (χ1n) is 18.4. The molecule has 0 fully saturated rings. The lowest BCUT2D eigenvalue weighted by molar-refractivity contribution is 0.363. The van der Waals surface area contributed by atoms with Crippen LogP contribution in [0.1, 0.15) is 0 Å². The lowest BCUT2D eigenvalue weighted by atomic mass is 10.0. The van der Waals surface area contributed by atoms with Crippen molar-refractivity contribution in [3.05, 3.63) is 188 Å². The van der Waals surface area contributed by atoms with Gasteiger partial charge in [-0.3, -0.25) is 0 Å². The molecule has 1 aliphatic rings. The van der Waals surface area contributed by atoms with Gasteiger partial charge >= 0.3 is 0 Å². The molecule has 0 spiro atoms. The molecule has 3 heterocycles. The molecule has 10 aromatic rings. The van der Waals surface area contributed by atoms with Gasteiger partial charge in [-0.15, -0.1) is 0 Å². The van der Waals surface area contributed by atoms with E-state index < -0.39 is 0 Å². The van der Waals surface area contributed by atoms with Crippen molar-refractivity contribution in [2.45, 2.75) is 0 Å². The normalized spacial score (nSPS) is 11.9. The van der Waals surface area contributed by atoms with Crippen molar-refractivity contribution >= 4 is 32.6 Å². The van der Waals surface area contributed by atoms with Crippen LogP contribution in [0.25, 0.3) is 83.3 Å². The number of rotatable bonds is 5. The Hall–Kier alpha value is -7.50. The predicted octanol–water partition coefficient (Wildman–Crippen LogP) is 13.3. The van der Waals surface area contributed by atoms with Gasteiger partial charge in [0.15, 0.2) is 28.8 Å². The van der Waals surface area contributed by atoms with E-state index in [0.717, 1.165) is 77.5 Å². The molecule has 8 aromatic carbocycles. The summed E-state index contributed by atoms with van der Waals surface area (Å²) in [4.78, 5) is 10.2. The molecule has 258 valence electrons. The highest BCUT2D eigenvalue weighted by molar-refractivity contribution is 6.12. The van der Waals surface area contributed by atoms with Gasteiger partial charge in [0.05, 0.1) is 16.9 Å². The van der Waals surface area contributed by atoms with Crippen LogP contribution >= 0.6 is 0 Å². The van der Waals surface area contributed by atoms with Crippen molar-refractivity contribution in [3.8, 4) is 73.7 Å². The molecule has 55 heavy (non-hydrogen) atoms. The third-order valence-electron chi connectivity index (χ3n) is 10.4. The van der Waals surface area contributed by atoms with E-state index in [1.54, 1.807) is 0 Å². The highest BCUT2D eigenvalue weighted by atomic mass is 16.6. The number of hydrogen-bond donors (Lipinski definition) is 0. The lowest BCUT2D eigenvalue weighted by Crippen LogP contribution is -2.02. The van der Waals surface area contributed by atoms with Crippen molar-refractivity contribution in [1.82, 2.24) is 14.5 Å². The van der Waals surface area contributed by atoms with Crippen LogP contribution < -0.4 is 9.47 Å². The highest BCUT2D eigenvalue weighted by Gasteiger charge is 2.26. The minimum absolute atomic E-state index is 0.678. The largest absolute Gasteiger partial charge is 0.449 e. The molecular formula is C50H31N3O2. The van der Waals surface area contributed by atoms with Crippen LogP contribution in [-0.4, -0.2) is 14.5 Å². The monoisotopic (exact) mass is 705 g/mol.